The number of ketones is 1. The Labute approximate surface area is 210 Å². The monoisotopic (exact) mass is 508 g/mol. The van der Waals surface area contributed by atoms with Gasteiger partial charge in [-0.05, 0) is 31.1 Å². The first-order valence-electron chi connectivity index (χ1n) is 11.8. The van der Waals surface area contributed by atoms with Crippen molar-refractivity contribution in [2.75, 3.05) is 0 Å². The molecule has 35 heavy (non-hydrogen) atoms. The van der Waals surface area contributed by atoms with Gasteiger partial charge >= 0.3 is 17.9 Å². The van der Waals surface area contributed by atoms with E-state index >= 15 is 0 Å². The van der Waals surface area contributed by atoms with E-state index in [1.807, 2.05) is 6.92 Å². The number of rotatable bonds is 4. The van der Waals surface area contributed by atoms with Crippen molar-refractivity contribution in [1.82, 2.24) is 0 Å². The number of hydrogen-bond acceptors (Lipinski definition) is 8. The molecule has 9 heteroatoms. The summed E-state index contributed by atoms with van der Waals surface area (Å²) >= 11 is 6.65. The maximum absolute atomic E-state index is 12.9. The highest BCUT2D eigenvalue weighted by Crippen LogP contribution is 2.53. The summed E-state index contributed by atoms with van der Waals surface area (Å²) in [6.45, 7) is 11.9. The van der Waals surface area contributed by atoms with Gasteiger partial charge in [-0.3, -0.25) is 19.2 Å². The molecular weight excluding hydrogens is 476 g/mol. The molecule has 1 aliphatic heterocycles. The number of carbonyl (C=O) groups is 4. The molecule has 0 aromatic rings. The number of halogens is 1. The van der Waals surface area contributed by atoms with E-state index in [1.165, 1.54) is 19.9 Å². The van der Waals surface area contributed by atoms with Crippen molar-refractivity contribution in [3.8, 4) is 0 Å². The van der Waals surface area contributed by atoms with Crippen LogP contribution in [-0.4, -0.2) is 58.1 Å². The molecule has 8 nitrogen and oxygen atoms in total. The van der Waals surface area contributed by atoms with Gasteiger partial charge < -0.3 is 19.3 Å². The van der Waals surface area contributed by atoms with E-state index in [0.717, 1.165) is 0 Å². The molecule has 0 spiro atoms. The number of ether oxygens (including phenoxy) is 3. The molecule has 1 saturated heterocycles. The summed E-state index contributed by atoms with van der Waals surface area (Å²) < 4.78 is 17.1. The molecule has 9 atom stereocenters. The summed E-state index contributed by atoms with van der Waals surface area (Å²) in [5.41, 5.74) is -2.90. The van der Waals surface area contributed by atoms with E-state index in [0.29, 0.717) is 12.0 Å². The number of fused-ring (bicyclic) bond motifs is 2. The van der Waals surface area contributed by atoms with E-state index < -0.39 is 70.4 Å². The highest BCUT2D eigenvalue weighted by Gasteiger charge is 2.67. The molecule has 1 fully saturated rings. The Kier molecular flexibility index (Phi) is 7.67. The van der Waals surface area contributed by atoms with Crippen molar-refractivity contribution < 1.29 is 38.5 Å². The van der Waals surface area contributed by atoms with Crippen LogP contribution in [0, 0.1) is 23.2 Å². The molecule has 3 rings (SSSR count). The number of allylic oxidation sites excluding steroid dienone is 2. The zero-order valence-corrected chi connectivity index (χ0v) is 21.4. The standard InChI is InChI=1S/C26H33ClO8/c1-7-8-19(30)34-18-10-9-13(2)21(27)23-26(32,15(4)24(31)35-23)22(33-16(5)28)20-14(3)17(29)11-12-25(18,20)6/h9-12,14-15,18,20-23,32H,2,7-8H2,1,3-6H3/b10-9-/t14-,15-,18-,20+,21-,22-,23-,25+,26+/m0/s1. The van der Waals surface area contributed by atoms with Crippen molar-refractivity contribution in [3.63, 3.8) is 0 Å². The maximum Gasteiger partial charge on any atom is 0.312 e. The lowest BCUT2D eigenvalue weighted by Crippen LogP contribution is -2.65. The summed E-state index contributed by atoms with van der Waals surface area (Å²) in [5, 5.41) is 11.1. The van der Waals surface area contributed by atoms with Crippen LogP contribution in [0.4, 0.5) is 0 Å². The fourth-order valence-electron chi connectivity index (χ4n) is 5.48. The Morgan fingerprint density at radius 1 is 1.23 bits per heavy atom. The summed E-state index contributed by atoms with van der Waals surface area (Å²) in [6.07, 6.45) is 3.37. The van der Waals surface area contributed by atoms with E-state index in [9.17, 15) is 24.3 Å². The van der Waals surface area contributed by atoms with Gasteiger partial charge in [-0.2, -0.15) is 0 Å². The lowest BCUT2D eigenvalue weighted by Gasteiger charge is -2.52. The van der Waals surface area contributed by atoms with E-state index in [1.54, 1.807) is 32.1 Å². The second-order valence-electron chi connectivity index (χ2n) is 9.91. The van der Waals surface area contributed by atoms with E-state index in [-0.39, 0.29) is 12.2 Å². The Hall–Kier alpha value is -2.45. The molecule has 1 heterocycles. The van der Waals surface area contributed by atoms with Crippen LogP contribution in [0.5, 0.6) is 0 Å². The van der Waals surface area contributed by atoms with Crippen LogP contribution < -0.4 is 0 Å². The Balaban J connectivity index is 2.32. The average molecular weight is 509 g/mol. The lowest BCUT2D eigenvalue weighted by atomic mass is 9.57. The molecule has 0 saturated carbocycles. The van der Waals surface area contributed by atoms with Crippen molar-refractivity contribution in [1.29, 1.82) is 0 Å². The lowest BCUT2D eigenvalue weighted by molar-refractivity contribution is -0.206. The first-order chi connectivity index (χ1) is 16.3. The van der Waals surface area contributed by atoms with Gasteiger partial charge in [-0.15, -0.1) is 11.6 Å². The van der Waals surface area contributed by atoms with Crippen LogP contribution in [0.15, 0.2) is 36.5 Å². The minimum atomic E-state index is -2.09. The molecule has 0 amide bonds. The van der Waals surface area contributed by atoms with Crippen LogP contribution in [0.1, 0.15) is 47.5 Å². The van der Waals surface area contributed by atoms with Gasteiger partial charge in [-0.1, -0.05) is 39.5 Å². The molecular formula is C26H33ClO8. The molecule has 0 aromatic carbocycles. The van der Waals surface area contributed by atoms with E-state index in [4.69, 9.17) is 25.8 Å². The van der Waals surface area contributed by atoms with Crippen molar-refractivity contribution >= 4 is 35.3 Å². The largest absolute Gasteiger partial charge is 0.459 e. The first kappa shape index (κ1) is 27.1. The van der Waals surface area contributed by atoms with Crippen LogP contribution in [0.2, 0.25) is 0 Å². The second kappa shape index (κ2) is 9.90. The maximum atomic E-state index is 12.9. The van der Waals surface area contributed by atoms with Gasteiger partial charge in [0.2, 0.25) is 0 Å². The highest BCUT2D eigenvalue weighted by molar-refractivity contribution is 6.23. The van der Waals surface area contributed by atoms with Crippen LogP contribution in [0.25, 0.3) is 0 Å². The molecule has 0 bridgehead atoms. The van der Waals surface area contributed by atoms with E-state index in [2.05, 4.69) is 6.58 Å². The van der Waals surface area contributed by atoms with Crippen molar-refractivity contribution in [3.05, 3.63) is 36.5 Å². The van der Waals surface area contributed by atoms with Gasteiger partial charge in [-0.25, -0.2) is 0 Å². The normalized spacial score (nSPS) is 41.9. The minimum absolute atomic E-state index is 0.182. The Bertz CT molecular complexity index is 986. The third kappa shape index (κ3) is 4.58. The third-order valence-corrected chi connectivity index (χ3v) is 8.07. The van der Waals surface area contributed by atoms with Gasteiger partial charge in [0.05, 0.1) is 11.3 Å². The SMILES string of the molecule is C=C1/C=C\[C@H](OC(=O)CCC)[C@@]2(C)C=CC(=O)[C@H](C)[C@@H]2[C@H](OC(C)=O)[C@]2(O)[C@@H](C)C(=O)O[C@H]2[C@H]1Cl. The average Bonchev–Trinajstić information content (AvgIpc) is 3.02. The van der Waals surface area contributed by atoms with Crippen LogP contribution in [-0.2, 0) is 33.4 Å². The van der Waals surface area contributed by atoms with Crippen molar-refractivity contribution in [2.45, 2.75) is 76.8 Å². The molecule has 2 aliphatic carbocycles. The molecule has 0 unspecified atom stereocenters. The predicted molar refractivity (Wildman–Crippen MR) is 127 cm³/mol. The summed E-state index contributed by atoms with van der Waals surface area (Å²) in [5.74, 6) is -4.93. The second-order valence-corrected chi connectivity index (χ2v) is 10.4. The number of carbonyl (C=O) groups excluding carboxylic acids is 4. The van der Waals surface area contributed by atoms with Crippen LogP contribution in [0.3, 0.4) is 0 Å². The fourth-order valence-corrected chi connectivity index (χ4v) is 5.81. The van der Waals surface area contributed by atoms with Crippen LogP contribution >= 0.6 is 11.6 Å². The first-order valence-corrected chi connectivity index (χ1v) is 12.3. The molecule has 1 N–H and O–H groups in total. The Morgan fingerprint density at radius 2 is 1.89 bits per heavy atom. The minimum Gasteiger partial charge on any atom is -0.459 e. The molecule has 0 aromatic heterocycles. The molecule has 3 aliphatic rings. The van der Waals surface area contributed by atoms with Gasteiger partial charge in [0.25, 0.3) is 0 Å². The number of hydrogen-bond donors (Lipinski definition) is 1. The zero-order chi connectivity index (χ0) is 26.3. The summed E-state index contributed by atoms with van der Waals surface area (Å²) in [7, 11) is 0. The Morgan fingerprint density at radius 3 is 2.49 bits per heavy atom. The smallest absolute Gasteiger partial charge is 0.312 e. The topological polar surface area (TPSA) is 116 Å². The quantitative estimate of drug-likeness (QED) is 0.350. The summed E-state index contributed by atoms with van der Waals surface area (Å²) in [4.78, 5) is 50.5. The number of aliphatic hydroxyl groups is 1. The predicted octanol–water partition coefficient (Wildman–Crippen LogP) is 3.05. The van der Waals surface area contributed by atoms with Gasteiger partial charge in [0.1, 0.15) is 12.2 Å². The third-order valence-electron chi connectivity index (χ3n) is 7.56. The highest BCUT2D eigenvalue weighted by atomic mass is 35.5. The van der Waals surface area contributed by atoms with Gasteiger partial charge in [0, 0.05) is 30.6 Å². The van der Waals surface area contributed by atoms with Crippen molar-refractivity contribution in [2.24, 2.45) is 23.2 Å². The zero-order valence-electron chi connectivity index (χ0n) is 20.7. The molecule has 0 radical (unpaired) electrons. The number of esters is 3. The summed E-state index contributed by atoms with van der Waals surface area (Å²) in [6, 6.07) is 0. The van der Waals surface area contributed by atoms with Gasteiger partial charge in [0.15, 0.2) is 17.5 Å². The number of alkyl halides is 1. The fraction of sp³-hybridized carbons (Fsp3) is 0.615. The molecule has 192 valence electrons.